The average Bonchev–Trinajstić information content (AvgIpc) is 3.24. The molecule has 0 saturated heterocycles. The Balaban J connectivity index is 1.50. The van der Waals surface area contributed by atoms with Gasteiger partial charge in [-0.2, -0.15) is 5.10 Å². The molecule has 0 saturated carbocycles. The molecule has 35 heavy (non-hydrogen) atoms. The van der Waals surface area contributed by atoms with Crippen LogP contribution in [0.1, 0.15) is 34.2 Å². The molecule has 0 spiro atoms. The number of hydrogen-bond donors (Lipinski definition) is 1. The Hall–Kier alpha value is -3.43. The Labute approximate surface area is 209 Å². The molecule has 0 aliphatic carbocycles. The van der Waals surface area contributed by atoms with E-state index < -0.39 is 6.10 Å². The van der Waals surface area contributed by atoms with E-state index in [9.17, 15) is 9.59 Å². The summed E-state index contributed by atoms with van der Waals surface area (Å²) in [5, 5.41) is 8.03. The molecule has 0 radical (unpaired) electrons. The van der Waals surface area contributed by atoms with Crippen molar-refractivity contribution in [2.75, 3.05) is 20.3 Å². The fourth-order valence-electron chi connectivity index (χ4n) is 4.04. The van der Waals surface area contributed by atoms with Crippen molar-refractivity contribution in [3.63, 3.8) is 0 Å². The van der Waals surface area contributed by atoms with Gasteiger partial charge in [0.1, 0.15) is 5.75 Å². The molecule has 3 aromatic rings. The first kappa shape index (κ1) is 24.7. The first-order valence-corrected chi connectivity index (χ1v) is 11.8. The minimum Gasteiger partial charge on any atom is -0.481 e. The summed E-state index contributed by atoms with van der Waals surface area (Å²) in [5.41, 5.74) is 2.90. The Kier molecular flexibility index (Phi) is 7.99. The molecule has 1 aromatic carbocycles. The maximum absolute atomic E-state index is 13.2. The molecular formula is C25H28ClN5O4. The highest BCUT2D eigenvalue weighted by Gasteiger charge is 2.32. The lowest BCUT2D eigenvalue weighted by molar-refractivity contribution is -0.138. The van der Waals surface area contributed by atoms with Gasteiger partial charge in [0.05, 0.1) is 13.2 Å². The number of rotatable bonds is 9. The highest BCUT2D eigenvalue weighted by molar-refractivity contribution is 6.30. The predicted molar refractivity (Wildman–Crippen MR) is 130 cm³/mol. The van der Waals surface area contributed by atoms with Crippen LogP contribution >= 0.6 is 11.6 Å². The SMILES string of the molecule is COCCn1nc(C(=O)NCc2cccnc2)c2c1CCN(C(=O)C(C)Oc1cccc(Cl)c1)C2. The zero-order chi connectivity index (χ0) is 24.8. The molecule has 0 fully saturated rings. The summed E-state index contributed by atoms with van der Waals surface area (Å²) in [6.45, 7) is 3.82. The molecule has 3 heterocycles. The molecule has 1 N–H and O–H groups in total. The molecular weight excluding hydrogens is 470 g/mol. The van der Waals surface area contributed by atoms with Gasteiger partial charge < -0.3 is 19.7 Å². The molecule has 4 rings (SSSR count). The second-order valence-corrected chi connectivity index (χ2v) is 8.70. The second kappa shape index (κ2) is 11.3. The van der Waals surface area contributed by atoms with Gasteiger partial charge in [0, 0.05) is 61.8 Å². The largest absolute Gasteiger partial charge is 0.481 e. The Morgan fingerprint density at radius 1 is 1.26 bits per heavy atom. The van der Waals surface area contributed by atoms with E-state index >= 15 is 0 Å². The number of nitrogens with zero attached hydrogens (tertiary/aromatic N) is 4. The maximum atomic E-state index is 13.2. The maximum Gasteiger partial charge on any atom is 0.272 e. The number of carbonyl (C=O) groups excluding carboxylic acids is 2. The van der Waals surface area contributed by atoms with Crippen LogP contribution in [0.4, 0.5) is 0 Å². The van der Waals surface area contributed by atoms with Crippen molar-refractivity contribution in [2.45, 2.75) is 39.1 Å². The molecule has 2 amide bonds. The summed E-state index contributed by atoms with van der Waals surface area (Å²) in [5.74, 6) is 0.0692. The fraction of sp³-hybridized carbons (Fsp3) is 0.360. The predicted octanol–water partition coefficient (Wildman–Crippen LogP) is 2.86. The monoisotopic (exact) mass is 497 g/mol. The van der Waals surface area contributed by atoms with Crippen molar-refractivity contribution in [3.05, 3.63) is 76.3 Å². The van der Waals surface area contributed by atoms with Gasteiger partial charge in [0.15, 0.2) is 11.8 Å². The van der Waals surface area contributed by atoms with Crippen LogP contribution < -0.4 is 10.1 Å². The van der Waals surface area contributed by atoms with E-state index in [0.717, 1.165) is 16.8 Å². The number of aromatic nitrogens is 3. The first-order valence-electron chi connectivity index (χ1n) is 11.4. The molecule has 10 heteroatoms. The van der Waals surface area contributed by atoms with Crippen LogP contribution in [0.3, 0.4) is 0 Å². The van der Waals surface area contributed by atoms with Crippen LogP contribution in [0, 0.1) is 0 Å². The number of ether oxygens (including phenoxy) is 2. The molecule has 0 bridgehead atoms. The van der Waals surface area contributed by atoms with Gasteiger partial charge in [-0.1, -0.05) is 23.7 Å². The highest BCUT2D eigenvalue weighted by atomic mass is 35.5. The third kappa shape index (κ3) is 5.98. The van der Waals surface area contributed by atoms with Crippen LogP contribution in [-0.4, -0.2) is 57.8 Å². The van der Waals surface area contributed by atoms with Crippen LogP contribution in [-0.2, 0) is 35.6 Å². The van der Waals surface area contributed by atoms with Gasteiger partial charge in [0.2, 0.25) is 0 Å². The molecule has 184 valence electrons. The van der Waals surface area contributed by atoms with Crippen LogP contribution in [0.5, 0.6) is 5.75 Å². The molecule has 1 aliphatic heterocycles. The second-order valence-electron chi connectivity index (χ2n) is 8.26. The number of amides is 2. The van der Waals surface area contributed by atoms with E-state index in [1.165, 1.54) is 0 Å². The van der Waals surface area contributed by atoms with Crippen LogP contribution in [0.15, 0.2) is 48.8 Å². The van der Waals surface area contributed by atoms with Crippen molar-refractivity contribution >= 4 is 23.4 Å². The number of hydrogen-bond acceptors (Lipinski definition) is 6. The van der Waals surface area contributed by atoms with Gasteiger partial charge in [0.25, 0.3) is 11.8 Å². The lowest BCUT2D eigenvalue weighted by atomic mass is 10.0. The fourth-order valence-corrected chi connectivity index (χ4v) is 4.23. The molecule has 1 aliphatic rings. The van der Waals surface area contributed by atoms with Crippen molar-refractivity contribution < 1.29 is 19.1 Å². The molecule has 1 atom stereocenters. The van der Waals surface area contributed by atoms with E-state index in [1.54, 1.807) is 55.6 Å². The highest BCUT2D eigenvalue weighted by Crippen LogP contribution is 2.25. The standard InChI is InChI=1S/C25H28ClN5O4/c1-17(35-20-7-3-6-19(26)13-20)25(33)30-10-8-22-21(16-30)23(29-31(22)11-12-34-2)24(32)28-15-18-5-4-9-27-14-18/h3-7,9,13-14,17H,8,10-12,15-16H2,1-2H3,(H,28,32). The van der Waals surface area contributed by atoms with Gasteiger partial charge in [-0.05, 0) is 36.8 Å². The van der Waals surface area contributed by atoms with Gasteiger partial charge in [-0.25, -0.2) is 0 Å². The number of fused-ring (bicyclic) bond motifs is 1. The third-order valence-electron chi connectivity index (χ3n) is 5.80. The molecule has 2 aromatic heterocycles. The summed E-state index contributed by atoms with van der Waals surface area (Å²) >= 11 is 6.03. The Morgan fingerprint density at radius 3 is 2.86 bits per heavy atom. The van der Waals surface area contributed by atoms with E-state index in [1.807, 2.05) is 16.8 Å². The average molecular weight is 498 g/mol. The topological polar surface area (TPSA) is 98.6 Å². The normalized spacial score (nSPS) is 13.7. The van der Waals surface area contributed by atoms with Crippen LogP contribution in [0.2, 0.25) is 5.02 Å². The van der Waals surface area contributed by atoms with E-state index in [-0.39, 0.29) is 18.4 Å². The molecule has 1 unspecified atom stereocenters. The number of nitrogens with one attached hydrogen (secondary N) is 1. The minimum absolute atomic E-state index is 0.165. The van der Waals surface area contributed by atoms with Gasteiger partial charge in [-0.15, -0.1) is 0 Å². The van der Waals surface area contributed by atoms with Crippen molar-refractivity contribution in [1.82, 2.24) is 25.0 Å². The quantitative estimate of drug-likeness (QED) is 0.488. The lowest BCUT2D eigenvalue weighted by Crippen LogP contribution is -2.43. The number of carbonyl (C=O) groups is 2. The minimum atomic E-state index is -0.707. The summed E-state index contributed by atoms with van der Waals surface area (Å²) in [7, 11) is 1.62. The lowest BCUT2D eigenvalue weighted by Gasteiger charge is -2.30. The smallest absolute Gasteiger partial charge is 0.272 e. The van der Waals surface area contributed by atoms with Crippen molar-refractivity contribution in [2.24, 2.45) is 0 Å². The zero-order valence-corrected chi connectivity index (χ0v) is 20.5. The summed E-state index contributed by atoms with van der Waals surface area (Å²) in [4.78, 5) is 32.0. The first-order chi connectivity index (χ1) is 17.0. The number of methoxy groups -OCH3 is 1. The third-order valence-corrected chi connectivity index (χ3v) is 6.04. The van der Waals surface area contributed by atoms with E-state index in [4.69, 9.17) is 21.1 Å². The van der Waals surface area contributed by atoms with Crippen LogP contribution in [0.25, 0.3) is 0 Å². The number of benzene rings is 1. The van der Waals surface area contributed by atoms with E-state index in [2.05, 4.69) is 15.4 Å². The zero-order valence-electron chi connectivity index (χ0n) is 19.7. The number of pyridine rings is 1. The Bertz CT molecular complexity index is 1180. The van der Waals surface area contributed by atoms with Crippen molar-refractivity contribution in [1.29, 1.82) is 0 Å². The van der Waals surface area contributed by atoms with Gasteiger partial charge >= 0.3 is 0 Å². The van der Waals surface area contributed by atoms with E-state index in [0.29, 0.717) is 49.1 Å². The summed E-state index contributed by atoms with van der Waals surface area (Å²) in [6.07, 6.45) is 3.26. The summed E-state index contributed by atoms with van der Waals surface area (Å²) in [6, 6.07) is 10.7. The van der Waals surface area contributed by atoms with Gasteiger partial charge in [-0.3, -0.25) is 19.3 Å². The van der Waals surface area contributed by atoms with Crippen molar-refractivity contribution in [3.8, 4) is 5.75 Å². The Morgan fingerprint density at radius 2 is 2.11 bits per heavy atom. The molecule has 9 nitrogen and oxygen atoms in total. The summed E-state index contributed by atoms with van der Waals surface area (Å²) < 4.78 is 12.8. The number of halogens is 1.